The molecule has 112 valence electrons. The van der Waals surface area contributed by atoms with Crippen molar-refractivity contribution in [3.8, 4) is 0 Å². The predicted molar refractivity (Wildman–Crippen MR) is 81.9 cm³/mol. The van der Waals surface area contributed by atoms with Gasteiger partial charge >= 0.3 is 0 Å². The SMILES string of the molecule is CCn1cccc1C(=O)N(CC1CCCNC1)C(C)C. The number of rotatable bonds is 5. The van der Waals surface area contributed by atoms with Crippen molar-refractivity contribution in [1.29, 1.82) is 0 Å². The van der Waals surface area contributed by atoms with E-state index in [0.717, 1.165) is 31.9 Å². The zero-order valence-electron chi connectivity index (χ0n) is 12.9. The third kappa shape index (κ3) is 3.42. The lowest BCUT2D eigenvalue weighted by molar-refractivity contribution is 0.0650. The van der Waals surface area contributed by atoms with Gasteiger partial charge in [0.25, 0.3) is 5.91 Å². The van der Waals surface area contributed by atoms with Crippen molar-refractivity contribution in [2.75, 3.05) is 19.6 Å². The summed E-state index contributed by atoms with van der Waals surface area (Å²) in [5.74, 6) is 0.748. The van der Waals surface area contributed by atoms with Crippen molar-refractivity contribution < 1.29 is 4.79 Å². The number of aromatic nitrogens is 1. The zero-order chi connectivity index (χ0) is 14.5. The van der Waals surface area contributed by atoms with Crippen LogP contribution in [0.5, 0.6) is 0 Å². The Morgan fingerprint density at radius 3 is 2.95 bits per heavy atom. The van der Waals surface area contributed by atoms with Gasteiger partial charge < -0.3 is 14.8 Å². The number of hydrogen-bond acceptors (Lipinski definition) is 2. The molecule has 4 heteroatoms. The van der Waals surface area contributed by atoms with Crippen molar-refractivity contribution in [2.24, 2.45) is 5.92 Å². The van der Waals surface area contributed by atoms with Crippen LogP contribution in [-0.4, -0.2) is 41.1 Å². The van der Waals surface area contributed by atoms with Crippen molar-refractivity contribution in [1.82, 2.24) is 14.8 Å². The van der Waals surface area contributed by atoms with Gasteiger partial charge in [0.05, 0.1) is 0 Å². The molecule has 1 aromatic rings. The maximum atomic E-state index is 12.8. The van der Waals surface area contributed by atoms with Crippen molar-refractivity contribution in [2.45, 2.75) is 46.2 Å². The Hall–Kier alpha value is -1.29. The predicted octanol–water partition coefficient (Wildman–Crippen LogP) is 2.36. The van der Waals surface area contributed by atoms with E-state index in [1.807, 2.05) is 27.8 Å². The molecular weight excluding hydrogens is 250 g/mol. The van der Waals surface area contributed by atoms with Gasteiger partial charge in [0.15, 0.2) is 0 Å². The summed E-state index contributed by atoms with van der Waals surface area (Å²) in [6, 6.07) is 4.13. The molecule has 0 aromatic carbocycles. The summed E-state index contributed by atoms with van der Waals surface area (Å²) in [6.45, 7) is 10.1. The third-order valence-corrected chi connectivity index (χ3v) is 4.13. The van der Waals surface area contributed by atoms with Crippen molar-refractivity contribution in [3.63, 3.8) is 0 Å². The number of carbonyl (C=O) groups excluding carboxylic acids is 1. The van der Waals surface area contributed by atoms with E-state index in [1.54, 1.807) is 0 Å². The van der Waals surface area contributed by atoms with Crippen molar-refractivity contribution >= 4 is 5.91 Å². The van der Waals surface area contributed by atoms with E-state index >= 15 is 0 Å². The Balaban J connectivity index is 2.09. The molecule has 1 aromatic heterocycles. The summed E-state index contributed by atoms with van der Waals surface area (Å²) in [6.07, 6.45) is 4.42. The Bertz CT molecular complexity index is 433. The minimum absolute atomic E-state index is 0.164. The average Bonchev–Trinajstić information content (AvgIpc) is 2.93. The second kappa shape index (κ2) is 6.93. The van der Waals surface area contributed by atoms with Crippen LogP contribution in [0, 0.1) is 5.92 Å². The Morgan fingerprint density at radius 1 is 1.55 bits per heavy atom. The Kier molecular flexibility index (Phi) is 5.24. The van der Waals surface area contributed by atoms with Gasteiger partial charge in [-0.25, -0.2) is 0 Å². The van der Waals surface area contributed by atoms with Crippen LogP contribution in [-0.2, 0) is 6.54 Å². The molecule has 1 saturated heterocycles. The molecule has 0 saturated carbocycles. The van der Waals surface area contributed by atoms with Crippen LogP contribution in [0.4, 0.5) is 0 Å². The molecule has 1 unspecified atom stereocenters. The largest absolute Gasteiger partial charge is 0.344 e. The van der Waals surface area contributed by atoms with Crippen LogP contribution in [0.15, 0.2) is 18.3 Å². The summed E-state index contributed by atoms with van der Waals surface area (Å²) in [7, 11) is 0. The fourth-order valence-corrected chi connectivity index (χ4v) is 2.92. The minimum Gasteiger partial charge on any atom is -0.344 e. The van der Waals surface area contributed by atoms with E-state index in [4.69, 9.17) is 0 Å². The molecule has 0 spiro atoms. The normalized spacial score (nSPS) is 19.3. The lowest BCUT2D eigenvalue weighted by Gasteiger charge is -2.33. The summed E-state index contributed by atoms with van der Waals surface area (Å²) >= 11 is 0. The van der Waals surface area contributed by atoms with Crippen LogP contribution in [0.25, 0.3) is 0 Å². The Morgan fingerprint density at radius 2 is 2.35 bits per heavy atom. The Labute approximate surface area is 122 Å². The van der Waals surface area contributed by atoms with Gasteiger partial charge in [-0.3, -0.25) is 4.79 Å². The van der Waals surface area contributed by atoms with Gasteiger partial charge in [-0.1, -0.05) is 0 Å². The highest BCUT2D eigenvalue weighted by Gasteiger charge is 2.25. The minimum atomic E-state index is 0.164. The van der Waals surface area contributed by atoms with Gasteiger partial charge in [0.2, 0.25) is 0 Å². The summed E-state index contributed by atoms with van der Waals surface area (Å²) < 4.78 is 2.02. The van der Waals surface area contributed by atoms with E-state index in [2.05, 4.69) is 26.1 Å². The average molecular weight is 277 g/mol. The first kappa shape index (κ1) is 15.1. The fraction of sp³-hybridized carbons (Fsp3) is 0.688. The molecule has 0 bridgehead atoms. The van der Waals surface area contributed by atoms with E-state index in [-0.39, 0.29) is 11.9 Å². The summed E-state index contributed by atoms with van der Waals surface area (Å²) in [4.78, 5) is 14.8. The van der Waals surface area contributed by atoms with Gasteiger partial charge in [0, 0.05) is 25.3 Å². The lowest BCUT2D eigenvalue weighted by atomic mass is 9.98. The molecule has 1 aliphatic rings. The first-order valence-electron chi connectivity index (χ1n) is 7.80. The molecule has 2 rings (SSSR count). The highest BCUT2D eigenvalue weighted by atomic mass is 16.2. The van der Waals surface area contributed by atoms with Gasteiger partial charge in [-0.15, -0.1) is 0 Å². The van der Waals surface area contributed by atoms with Crippen LogP contribution < -0.4 is 5.32 Å². The van der Waals surface area contributed by atoms with Gasteiger partial charge in [0.1, 0.15) is 5.69 Å². The first-order chi connectivity index (χ1) is 9.63. The topological polar surface area (TPSA) is 37.3 Å². The molecule has 20 heavy (non-hydrogen) atoms. The van der Waals surface area contributed by atoms with Crippen LogP contribution in [0.1, 0.15) is 44.1 Å². The number of hydrogen-bond donors (Lipinski definition) is 1. The number of amides is 1. The molecule has 0 aliphatic carbocycles. The molecule has 2 heterocycles. The molecule has 1 N–H and O–H groups in total. The fourth-order valence-electron chi connectivity index (χ4n) is 2.92. The summed E-state index contributed by atoms with van der Waals surface area (Å²) in [5.41, 5.74) is 0.810. The maximum Gasteiger partial charge on any atom is 0.270 e. The van der Waals surface area contributed by atoms with E-state index < -0.39 is 0 Å². The third-order valence-electron chi connectivity index (χ3n) is 4.13. The summed E-state index contributed by atoms with van der Waals surface area (Å²) in [5, 5.41) is 3.43. The molecular formula is C16H27N3O. The number of carbonyl (C=O) groups is 1. The molecule has 0 radical (unpaired) electrons. The molecule has 1 aliphatic heterocycles. The lowest BCUT2D eigenvalue weighted by Crippen LogP contribution is -2.44. The smallest absolute Gasteiger partial charge is 0.270 e. The highest BCUT2D eigenvalue weighted by Crippen LogP contribution is 2.16. The maximum absolute atomic E-state index is 12.8. The monoisotopic (exact) mass is 277 g/mol. The van der Waals surface area contributed by atoms with E-state index in [0.29, 0.717) is 5.92 Å². The number of nitrogens with one attached hydrogen (secondary N) is 1. The van der Waals surface area contributed by atoms with E-state index in [1.165, 1.54) is 12.8 Å². The van der Waals surface area contributed by atoms with Crippen LogP contribution in [0.2, 0.25) is 0 Å². The number of nitrogens with zero attached hydrogens (tertiary/aromatic N) is 2. The molecule has 1 fully saturated rings. The van der Waals surface area contributed by atoms with Crippen LogP contribution >= 0.6 is 0 Å². The second-order valence-corrected chi connectivity index (χ2v) is 5.94. The molecule has 1 amide bonds. The quantitative estimate of drug-likeness (QED) is 0.897. The number of piperidine rings is 1. The zero-order valence-corrected chi connectivity index (χ0v) is 12.9. The first-order valence-corrected chi connectivity index (χ1v) is 7.80. The molecule has 1 atom stereocenters. The van der Waals surface area contributed by atoms with Crippen LogP contribution in [0.3, 0.4) is 0 Å². The highest BCUT2D eigenvalue weighted by molar-refractivity contribution is 5.93. The second-order valence-electron chi connectivity index (χ2n) is 5.94. The van der Waals surface area contributed by atoms with E-state index in [9.17, 15) is 4.79 Å². The molecule has 4 nitrogen and oxygen atoms in total. The van der Waals surface area contributed by atoms with Gasteiger partial charge in [-0.05, 0) is 64.8 Å². The number of aryl methyl sites for hydroxylation is 1. The van der Waals surface area contributed by atoms with Gasteiger partial charge in [-0.2, -0.15) is 0 Å². The van der Waals surface area contributed by atoms with Crippen molar-refractivity contribution in [3.05, 3.63) is 24.0 Å². The standard InChI is InChI=1S/C16H27N3O/c1-4-18-10-6-8-15(18)16(20)19(13(2)3)12-14-7-5-9-17-11-14/h6,8,10,13-14,17H,4-5,7,9,11-12H2,1-3H3.